The van der Waals surface area contributed by atoms with Gasteiger partial charge in [0, 0.05) is 31.1 Å². The quantitative estimate of drug-likeness (QED) is 0.348. The first kappa shape index (κ1) is 29.6. The highest BCUT2D eigenvalue weighted by Crippen LogP contribution is 2.23. The molecule has 2 amide bonds. The van der Waals surface area contributed by atoms with Crippen molar-refractivity contribution in [3.8, 4) is 0 Å². The number of hydrogen-bond donors (Lipinski definition) is 1. The smallest absolute Gasteiger partial charge is 0.242 e. The van der Waals surface area contributed by atoms with Crippen molar-refractivity contribution in [2.45, 2.75) is 65.5 Å². The lowest BCUT2D eigenvalue weighted by atomic mass is 10.1. The number of carbonyl (C=O) groups is 2. The fourth-order valence-electron chi connectivity index (χ4n) is 4.03. The van der Waals surface area contributed by atoms with E-state index in [9.17, 15) is 18.0 Å². The van der Waals surface area contributed by atoms with Gasteiger partial charge in [0.2, 0.25) is 21.8 Å². The van der Waals surface area contributed by atoms with Crippen LogP contribution in [0.1, 0.15) is 57.1 Å². The summed E-state index contributed by atoms with van der Waals surface area (Å²) in [5, 5.41) is 3.39. The number of amides is 2. The summed E-state index contributed by atoms with van der Waals surface area (Å²) in [6, 6.07) is 13.8. The van der Waals surface area contributed by atoms with Crippen LogP contribution in [0.4, 0.5) is 5.69 Å². The molecular weight excluding hydrogens is 498 g/mol. The average Bonchev–Trinajstić information content (AvgIpc) is 2.82. The van der Waals surface area contributed by atoms with Gasteiger partial charge in [0.15, 0.2) is 0 Å². The first-order valence-electron chi connectivity index (χ1n) is 12.4. The second-order valence-corrected chi connectivity index (χ2v) is 11.3. The third-order valence-corrected chi connectivity index (χ3v) is 7.49. The van der Waals surface area contributed by atoms with Crippen molar-refractivity contribution >= 4 is 39.1 Å². The summed E-state index contributed by atoms with van der Waals surface area (Å²) >= 11 is 6.06. The molecule has 1 atom stereocenters. The molecule has 2 rings (SSSR count). The lowest BCUT2D eigenvalue weighted by molar-refractivity contribution is -0.141. The minimum atomic E-state index is -3.57. The van der Waals surface area contributed by atoms with E-state index < -0.39 is 16.1 Å². The highest BCUT2D eigenvalue weighted by molar-refractivity contribution is 7.92. The summed E-state index contributed by atoms with van der Waals surface area (Å²) in [6.45, 7) is 6.95. The Morgan fingerprint density at radius 1 is 1.06 bits per heavy atom. The second kappa shape index (κ2) is 14.2. The molecule has 0 aliphatic carbocycles. The van der Waals surface area contributed by atoms with Crippen LogP contribution in [-0.2, 0) is 26.2 Å². The number of hydrogen-bond acceptors (Lipinski definition) is 4. The van der Waals surface area contributed by atoms with Crippen LogP contribution in [0.15, 0.2) is 48.5 Å². The number of aryl methyl sites for hydroxylation is 1. The molecule has 0 heterocycles. The minimum Gasteiger partial charge on any atom is -0.354 e. The van der Waals surface area contributed by atoms with Gasteiger partial charge in [0.05, 0.1) is 11.9 Å². The van der Waals surface area contributed by atoms with Gasteiger partial charge in [-0.3, -0.25) is 13.9 Å². The molecule has 7 nitrogen and oxygen atoms in total. The van der Waals surface area contributed by atoms with Crippen molar-refractivity contribution in [1.82, 2.24) is 10.2 Å². The third kappa shape index (κ3) is 8.82. The van der Waals surface area contributed by atoms with Crippen molar-refractivity contribution in [1.29, 1.82) is 0 Å². The van der Waals surface area contributed by atoms with Gasteiger partial charge in [-0.2, -0.15) is 0 Å². The van der Waals surface area contributed by atoms with Crippen LogP contribution in [-0.4, -0.2) is 50.5 Å². The van der Waals surface area contributed by atoms with E-state index in [1.54, 1.807) is 29.2 Å². The van der Waals surface area contributed by atoms with Gasteiger partial charge in [-0.15, -0.1) is 0 Å². The lowest BCUT2D eigenvalue weighted by Crippen LogP contribution is -2.49. The van der Waals surface area contributed by atoms with Crippen LogP contribution in [0.3, 0.4) is 0 Å². The zero-order chi connectivity index (χ0) is 26.7. The van der Waals surface area contributed by atoms with Crippen LogP contribution in [0.25, 0.3) is 0 Å². The highest BCUT2D eigenvalue weighted by atomic mass is 35.5. The molecule has 2 aromatic carbocycles. The van der Waals surface area contributed by atoms with Crippen LogP contribution in [0.5, 0.6) is 0 Å². The number of nitrogens with one attached hydrogen (secondary N) is 1. The van der Waals surface area contributed by atoms with Crippen molar-refractivity contribution in [3.05, 3.63) is 64.7 Å². The van der Waals surface area contributed by atoms with E-state index in [1.165, 1.54) is 4.31 Å². The predicted octanol–water partition coefficient (Wildman–Crippen LogP) is 4.92. The molecule has 2 aromatic rings. The molecule has 0 aliphatic rings. The molecule has 0 aromatic heterocycles. The maximum Gasteiger partial charge on any atom is 0.242 e. The summed E-state index contributed by atoms with van der Waals surface area (Å²) < 4.78 is 26.1. The van der Waals surface area contributed by atoms with Crippen molar-refractivity contribution in [2.24, 2.45) is 0 Å². The molecule has 36 heavy (non-hydrogen) atoms. The number of rotatable bonds is 14. The Labute approximate surface area is 220 Å². The Hall–Kier alpha value is -2.58. The zero-order valence-electron chi connectivity index (χ0n) is 21.7. The number of benzene rings is 2. The number of anilines is 1. The standard InChI is InChI=1S/C27H38ClN3O4S/c1-5-7-17-29-27(33)25(6-2)30(20-22-13-9-8-12-21(22)3)26(32)16-11-18-31(36(4,34)35)24-15-10-14-23(28)19-24/h8-10,12-15,19,25H,5-7,11,16-18,20H2,1-4H3,(H,29,33)/t25-/m1/s1. The van der Waals surface area contributed by atoms with Crippen molar-refractivity contribution < 1.29 is 18.0 Å². The molecule has 0 aliphatic heterocycles. The normalized spacial score (nSPS) is 12.1. The SMILES string of the molecule is CCCCNC(=O)[C@@H](CC)N(Cc1ccccc1C)C(=O)CCCN(c1cccc(Cl)c1)S(C)(=O)=O. The van der Waals surface area contributed by atoms with Crippen LogP contribution in [0, 0.1) is 6.92 Å². The fraction of sp³-hybridized carbons (Fsp3) is 0.481. The first-order valence-corrected chi connectivity index (χ1v) is 14.7. The number of carbonyl (C=O) groups excluding carboxylic acids is 2. The lowest BCUT2D eigenvalue weighted by Gasteiger charge is -2.31. The number of unbranched alkanes of at least 4 members (excludes halogenated alkanes) is 1. The van der Waals surface area contributed by atoms with Gasteiger partial charge in [-0.1, -0.05) is 62.2 Å². The molecule has 0 radical (unpaired) electrons. The summed E-state index contributed by atoms with van der Waals surface area (Å²) in [4.78, 5) is 28.1. The van der Waals surface area contributed by atoms with E-state index >= 15 is 0 Å². The summed E-state index contributed by atoms with van der Waals surface area (Å²) in [5.41, 5.74) is 2.47. The van der Waals surface area contributed by atoms with Gasteiger partial charge in [0.25, 0.3) is 0 Å². The maximum atomic E-state index is 13.5. The van der Waals surface area contributed by atoms with Gasteiger partial charge in [-0.05, 0) is 55.5 Å². The van der Waals surface area contributed by atoms with E-state index in [2.05, 4.69) is 12.2 Å². The minimum absolute atomic E-state index is 0.108. The number of halogens is 1. The summed E-state index contributed by atoms with van der Waals surface area (Å²) in [6.07, 6.45) is 3.86. The van der Waals surface area contributed by atoms with Gasteiger partial charge in [-0.25, -0.2) is 8.42 Å². The molecule has 0 saturated carbocycles. The summed E-state index contributed by atoms with van der Waals surface area (Å²) in [5.74, 6) is -0.347. The molecule has 0 fully saturated rings. The van der Waals surface area contributed by atoms with Gasteiger partial charge < -0.3 is 10.2 Å². The largest absolute Gasteiger partial charge is 0.354 e. The predicted molar refractivity (Wildman–Crippen MR) is 147 cm³/mol. The van der Waals surface area contributed by atoms with E-state index in [0.717, 1.165) is 30.2 Å². The Balaban J connectivity index is 2.21. The van der Waals surface area contributed by atoms with Crippen LogP contribution in [0.2, 0.25) is 5.02 Å². The Morgan fingerprint density at radius 3 is 2.39 bits per heavy atom. The highest BCUT2D eigenvalue weighted by Gasteiger charge is 2.29. The molecule has 0 spiro atoms. The summed E-state index contributed by atoms with van der Waals surface area (Å²) in [7, 11) is -3.57. The van der Waals surface area contributed by atoms with E-state index in [-0.39, 0.29) is 24.8 Å². The van der Waals surface area contributed by atoms with E-state index in [0.29, 0.717) is 36.6 Å². The molecule has 0 bridgehead atoms. The number of nitrogens with zero attached hydrogens (tertiary/aromatic N) is 2. The maximum absolute atomic E-state index is 13.5. The van der Waals surface area contributed by atoms with Crippen molar-refractivity contribution in [2.75, 3.05) is 23.7 Å². The molecule has 1 N–H and O–H groups in total. The molecular formula is C27H38ClN3O4S. The van der Waals surface area contributed by atoms with Crippen LogP contribution < -0.4 is 9.62 Å². The monoisotopic (exact) mass is 535 g/mol. The van der Waals surface area contributed by atoms with E-state index in [1.807, 2.05) is 38.1 Å². The first-order chi connectivity index (χ1) is 17.1. The Kier molecular flexibility index (Phi) is 11.7. The molecule has 198 valence electrons. The Bertz CT molecular complexity index is 1120. The van der Waals surface area contributed by atoms with Gasteiger partial charge >= 0.3 is 0 Å². The zero-order valence-corrected chi connectivity index (χ0v) is 23.2. The topological polar surface area (TPSA) is 86.8 Å². The average molecular weight is 536 g/mol. The van der Waals surface area contributed by atoms with Crippen LogP contribution >= 0.6 is 11.6 Å². The fourth-order valence-corrected chi connectivity index (χ4v) is 5.17. The Morgan fingerprint density at radius 2 is 1.78 bits per heavy atom. The number of sulfonamides is 1. The molecule has 0 unspecified atom stereocenters. The van der Waals surface area contributed by atoms with E-state index in [4.69, 9.17) is 11.6 Å². The van der Waals surface area contributed by atoms with Gasteiger partial charge in [0.1, 0.15) is 6.04 Å². The van der Waals surface area contributed by atoms with Crippen molar-refractivity contribution in [3.63, 3.8) is 0 Å². The second-order valence-electron chi connectivity index (χ2n) is 8.94. The third-order valence-electron chi connectivity index (χ3n) is 6.07. The molecule has 9 heteroatoms. The molecule has 0 saturated heterocycles.